The molecule has 3 aromatic carbocycles. The van der Waals surface area contributed by atoms with E-state index in [0.29, 0.717) is 13.0 Å². The number of halogens is 1. The van der Waals surface area contributed by atoms with Crippen molar-refractivity contribution in [2.45, 2.75) is 31.9 Å². The smallest absolute Gasteiger partial charge is 0.144 e. The van der Waals surface area contributed by atoms with Gasteiger partial charge in [-0.05, 0) is 48.2 Å². The maximum absolute atomic E-state index is 9.03. The van der Waals surface area contributed by atoms with Crippen molar-refractivity contribution in [2.24, 2.45) is 0 Å². The Hall–Kier alpha value is -3.03. The second-order valence-corrected chi connectivity index (χ2v) is 8.23. The molecule has 0 spiro atoms. The summed E-state index contributed by atoms with van der Waals surface area (Å²) in [6.45, 7) is 0.529. The number of nitriles is 1. The van der Waals surface area contributed by atoms with Gasteiger partial charge in [-0.3, -0.25) is 0 Å². The Morgan fingerprint density at radius 1 is 0.967 bits per heavy atom. The van der Waals surface area contributed by atoms with Crippen molar-refractivity contribution in [2.75, 3.05) is 0 Å². The monoisotopic (exact) mass is 458 g/mol. The van der Waals surface area contributed by atoms with Gasteiger partial charge in [0.05, 0.1) is 17.6 Å². The fourth-order valence-electron chi connectivity index (χ4n) is 3.85. The van der Waals surface area contributed by atoms with Gasteiger partial charge in [0, 0.05) is 22.5 Å². The number of ether oxygens (including phenoxy) is 1. The molecule has 4 aromatic rings. The van der Waals surface area contributed by atoms with E-state index in [1.54, 1.807) is 0 Å². The number of benzene rings is 3. The lowest BCUT2D eigenvalue weighted by molar-refractivity contribution is 0.308. The van der Waals surface area contributed by atoms with E-state index in [9.17, 15) is 0 Å². The first-order valence-corrected chi connectivity index (χ1v) is 10.9. The molecule has 1 atom stereocenters. The van der Waals surface area contributed by atoms with Gasteiger partial charge in [0.15, 0.2) is 0 Å². The topological polar surface area (TPSA) is 38.0 Å². The normalized spacial score (nSPS) is 11.9. The highest BCUT2D eigenvalue weighted by Gasteiger charge is 2.18. The minimum atomic E-state index is 0.134. The van der Waals surface area contributed by atoms with Crippen molar-refractivity contribution in [3.63, 3.8) is 0 Å². The van der Waals surface area contributed by atoms with Crippen LogP contribution < -0.4 is 4.74 Å². The van der Waals surface area contributed by atoms with Gasteiger partial charge in [0.2, 0.25) is 0 Å². The minimum absolute atomic E-state index is 0.134. The molecule has 1 aromatic heterocycles. The molecule has 1 heterocycles. The third-order valence-corrected chi connectivity index (χ3v) is 5.77. The van der Waals surface area contributed by atoms with Crippen LogP contribution >= 0.6 is 15.9 Å². The lowest BCUT2D eigenvalue weighted by atomic mass is 10.0. The van der Waals surface area contributed by atoms with Gasteiger partial charge >= 0.3 is 0 Å². The maximum atomic E-state index is 9.03. The molecule has 1 unspecified atom stereocenters. The number of para-hydroxylation sites is 1. The summed E-state index contributed by atoms with van der Waals surface area (Å²) < 4.78 is 9.62. The molecule has 0 N–H and O–H groups in total. The summed E-state index contributed by atoms with van der Waals surface area (Å²) in [6.07, 6.45) is 4.43. The third kappa shape index (κ3) is 4.58. The molecule has 0 aliphatic heterocycles. The predicted octanol–water partition coefficient (Wildman–Crippen LogP) is 7.27. The fourth-order valence-corrected chi connectivity index (χ4v) is 4.27. The number of unbranched alkanes of at least 4 members (excludes halogenated alkanes) is 1. The van der Waals surface area contributed by atoms with Crippen molar-refractivity contribution in [3.8, 4) is 11.8 Å². The predicted molar refractivity (Wildman–Crippen MR) is 124 cm³/mol. The van der Waals surface area contributed by atoms with Crippen LogP contribution in [0.4, 0.5) is 0 Å². The zero-order chi connectivity index (χ0) is 20.8. The number of rotatable bonds is 8. The van der Waals surface area contributed by atoms with Gasteiger partial charge in [0.1, 0.15) is 12.4 Å². The van der Waals surface area contributed by atoms with Crippen molar-refractivity contribution in [1.82, 2.24) is 4.57 Å². The van der Waals surface area contributed by atoms with Crippen LogP contribution in [0.25, 0.3) is 10.9 Å². The molecule has 0 radical (unpaired) electrons. The highest BCUT2D eigenvalue weighted by Crippen LogP contribution is 2.35. The van der Waals surface area contributed by atoms with Gasteiger partial charge < -0.3 is 9.30 Å². The van der Waals surface area contributed by atoms with Crippen molar-refractivity contribution in [1.29, 1.82) is 5.26 Å². The highest BCUT2D eigenvalue weighted by molar-refractivity contribution is 9.10. The Labute approximate surface area is 185 Å². The molecule has 4 heteroatoms. The Bertz CT molecular complexity index is 1160. The summed E-state index contributed by atoms with van der Waals surface area (Å²) in [6, 6.07) is 29.4. The molecule has 0 saturated carbocycles. The summed E-state index contributed by atoms with van der Waals surface area (Å²) in [5.41, 5.74) is 3.46. The van der Waals surface area contributed by atoms with Crippen LogP contribution in [-0.2, 0) is 6.61 Å². The van der Waals surface area contributed by atoms with E-state index in [1.807, 2.05) is 36.4 Å². The number of hydrogen-bond donors (Lipinski definition) is 0. The number of aromatic nitrogens is 1. The first-order chi connectivity index (χ1) is 14.8. The summed E-state index contributed by atoms with van der Waals surface area (Å²) >= 11 is 3.60. The van der Waals surface area contributed by atoms with Gasteiger partial charge in [-0.2, -0.15) is 5.26 Å². The molecular weight excluding hydrogens is 436 g/mol. The minimum Gasteiger partial charge on any atom is -0.487 e. The highest BCUT2D eigenvalue weighted by atomic mass is 79.9. The quantitative estimate of drug-likeness (QED) is 0.260. The van der Waals surface area contributed by atoms with Crippen LogP contribution in [0.2, 0.25) is 0 Å². The molecule has 4 rings (SSSR count). The molecular formula is C26H23BrN2O. The second-order valence-electron chi connectivity index (χ2n) is 7.31. The zero-order valence-corrected chi connectivity index (χ0v) is 18.3. The Kier molecular flexibility index (Phi) is 6.51. The third-order valence-electron chi connectivity index (χ3n) is 5.28. The van der Waals surface area contributed by atoms with E-state index in [2.05, 4.69) is 75.2 Å². The second kappa shape index (κ2) is 9.65. The number of nitrogens with zero attached hydrogens (tertiary/aromatic N) is 2. The standard InChI is InChI=1S/C26H23BrN2O/c27-23-12-6-11-22(18-23)24(13-4-5-16-28)29-17-15-21-10-7-14-25(26(21)29)30-19-20-8-2-1-3-9-20/h1-3,6-12,14-15,17-18,24H,4-5,13,19H2. The summed E-state index contributed by atoms with van der Waals surface area (Å²) in [5, 5.41) is 10.2. The average Bonchev–Trinajstić information content (AvgIpc) is 3.20. The van der Waals surface area contributed by atoms with E-state index < -0.39 is 0 Å². The van der Waals surface area contributed by atoms with Crippen LogP contribution in [0, 0.1) is 11.3 Å². The van der Waals surface area contributed by atoms with Gasteiger partial charge in [-0.15, -0.1) is 0 Å². The van der Waals surface area contributed by atoms with E-state index in [-0.39, 0.29) is 6.04 Å². The zero-order valence-electron chi connectivity index (χ0n) is 16.7. The Morgan fingerprint density at radius 2 is 1.80 bits per heavy atom. The largest absolute Gasteiger partial charge is 0.487 e. The molecule has 30 heavy (non-hydrogen) atoms. The molecule has 0 fully saturated rings. The summed E-state index contributed by atoms with van der Waals surface area (Å²) in [5.74, 6) is 0.877. The van der Waals surface area contributed by atoms with Gasteiger partial charge in [-0.1, -0.05) is 70.5 Å². The SMILES string of the molecule is N#CCCCC(c1cccc(Br)c1)n1ccc2cccc(OCc3ccccc3)c21. The van der Waals surface area contributed by atoms with Crippen LogP contribution in [0.15, 0.2) is 89.5 Å². The van der Waals surface area contributed by atoms with Crippen molar-refractivity contribution in [3.05, 3.63) is 101 Å². The molecule has 0 saturated heterocycles. The molecule has 0 bridgehead atoms. The average molecular weight is 459 g/mol. The van der Waals surface area contributed by atoms with E-state index in [0.717, 1.165) is 39.5 Å². The Morgan fingerprint density at radius 3 is 2.60 bits per heavy atom. The molecule has 0 amide bonds. The number of hydrogen-bond acceptors (Lipinski definition) is 2. The van der Waals surface area contributed by atoms with Crippen LogP contribution in [0.1, 0.15) is 36.4 Å². The maximum Gasteiger partial charge on any atom is 0.144 e. The van der Waals surface area contributed by atoms with E-state index in [1.165, 1.54) is 5.56 Å². The van der Waals surface area contributed by atoms with Gasteiger partial charge in [0.25, 0.3) is 0 Å². The molecule has 0 aliphatic carbocycles. The molecule has 150 valence electrons. The van der Waals surface area contributed by atoms with Gasteiger partial charge in [-0.25, -0.2) is 0 Å². The first kappa shape index (κ1) is 20.3. The molecule has 0 aliphatic rings. The fraction of sp³-hybridized carbons (Fsp3) is 0.192. The van der Waals surface area contributed by atoms with E-state index >= 15 is 0 Å². The lowest BCUT2D eigenvalue weighted by Crippen LogP contribution is -2.10. The summed E-state index contributed by atoms with van der Waals surface area (Å²) in [7, 11) is 0. The van der Waals surface area contributed by atoms with Crippen molar-refractivity contribution >= 4 is 26.8 Å². The Balaban J connectivity index is 1.72. The van der Waals surface area contributed by atoms with Crippen molar-refractivity contribution < 1.29 is 4.74 Å². The number of fused-ring (bicyclic) bond motifs is 1. The van der Waals surface area contributed by atoms with Crippen LogP contribution in [-0.4, -0.2) is 4.57 Å². The van der Waals surface area contributed by atoms with Crippen LogP contribution in [0.3, 0.4) is 0 Å². The van der Waals surface area contributed by atoms with E-state index in [4.69, 9.17) is 10.00 Å². The van der Waals surface area contributed by atoms with Crippen LogP contribution in [0.5, 0.6) is 5.75 Å². The summed E-state index contributed by atoms with van der Waals surface area (Å²) in [4.78, 5) is 0. The first-order valence-electron chi connectivity index (χ1n) is 10.1. The molecule has 3 nitrogen and oxygen atoms in total. The lowest BCUT2D eigenvalue weighted by Gasteiger charge is -2.22.